The molecule has 0 saturated heterocycles. The SMILES string of the molecule is CC1=CC(c2ccccc2C(F)(F)F)C([N+](=O)[O-])=C(C)N1.O=C(O)O. The van der Waals surface area contributed by atoms with E-state index in [2.05, 4.69) is 5.32 Å². The lowest BCUT2D eigenvalue weighted by Gasteiger charge is -2.23. The summed E-state index contributed by atoms with van der Waals surface area (Å²) in [5.74, 6) is -1.03. The molecule has 0 aromatic heterocycles. The van der Waals surface area contributed by atoms with E-state index in [0.717, 1.165) is 6.07 Å². The molecule has 0 saturated carbocycles. The normalized spacial score (nSPS) is 17.0. The van der Waals surface area contributed by atoms with E-state index in [0.29, 0.717) is 5.70 Å². The smallest absolute Gasteiger partial charge is 0.450 e. The number of allylic oxidation sites excluding steroid dienone is 3. The molecule has 1 atom stereocenters. The minimum atomic E-state index is -4.56. The predicted molar refractivity (Wildman–Crippen MR) is 81.4 cm³/mol. The monoisotopic (exact) mass is 360 g/mol. The van der Waals surface area contributed by atoms with E-state index >= 15 is 0 Å². The van der Waals surface area contributed by atoms with Crippen LogP contribution in [-0.2, 0) is 6.18 Å². The molecule has 2 rings (SSSR count). The second kappa shape index (κ2) is 7.69. The van der Waals surface area contributed by atoms with Crippen molar-refractivity contribution in [2.75, 3.05) is 0 Å². The maximum Gasteiger partial charge on any atom is 0.503 e. The zero-order valence-corrected chi connectivity index (χ0v) is 13.2. The van der Waals surface area contributed by atoms with Gasteiger partial charge in [-0.1, -0.05) is 18.2 Å². The molecule has 1 aromatic carbocycles. The van der Waals surface area contributed by atoms with Gasteiger partial charge in [0.1, 0.15) is 0 Å². The zero-order valence-electron chi connectivity index (χ0n) is 13.2. The van der Waals surface area contributed by atoms with Gasteiger partial charge in [0.05, 0.1) is 22.1 Å². The van der Waals surface area contributed by atoms with E-state index in [4.69, 9.17) is 15.0 Å². The summed E-state index contributed by atoms with van der Waals surface area (Å²) in [6.45, 7) is 3.14. The highest BCUT2D eigenvalue weighted by Crippen LogP contribution is 2.40. The van der Waals surface area contributed by atoms with Crippen molar-refractivity contribution in [1.29, 1.82) is 0 Å². The van der Waals surface area contributed by atoms with Gasteiger partial charge in [-0.3, -0.25) is 10.1 Å². The number of rotatable bonds is 2. The molecular weight excluding hydrogens is 345 g/mol. The number of benzene rings is 1. The molecule has 0 radical (unpaired) electrons. The lowest BCUT2D eigenvalue weighted by molar-refractivity contribution is -0.430. The van der Waals surface area contributed by atoms with Crippen LogP contribution in [0.4, 0.5) is 18.0 Å². The van der Waals surface area contributed by atoms with Crippen LogP contribution >= 0.6 is 0 Å². The van der Waals surface area contributed by atoms with E-state index in [1.54, 1.807) is 6.92 Å². The van der Waals surface area contributed by atoms with Crippen LogP contribution < -0.4 is 5.32 Å². The molecule has 1 unspecified atom stereocenters. The van der Waals surface area contributed by atoms with Crippen molar-refractivity contribution in [2.24, 2.45) is 0 Å². The number of carbonyl (C=O) groups is 1. The molecule has 7 nitrogen and oxygen atoms in total. The van der Waals surface area contributed by atoms with E-state index in [1.165, 1.54) is 31.2 Å². The second-order valence-electron chi connectivity index (χ2n) is 5.09. The van der Waals surface area contributed by atoms with Gasteiger partial charge in [-0.15, -0.1) is 0 Å². The third kappa shape index (κ3) is 5.23. The Balaban J connectivity index is 0.000000705. The van der Waals surface area contributed by atoms with Crippen LogP contribution in [0.15, 0.2) is 47.4 Å². The van der Waals surface area contributed by atoms with E-state index < -0.39 is 28.7 Å². The number of nitro groups is 1. The minimum Gasteiger partial charge on any atom is -0.450 e. The first-order valence-corrected chi connectivity index (χ1v) is 6.83. The quantitative estimate of drug-likeness (QED) is 0.542. The molecule has 0 bridgehead atoms. The first-order chi connectivity index (χ1) is 11.4. The molecule has 10 heteroatoms. The maximum absolute atomic E-state index is 13.1. The van der Waals surface area contributed by atoms with E-state index in [1.807, 2.05) is 0 Å². The highest BCUT2D eigenvalue weighted by Gasteiger charge is 2.39. The van der Waals surface area contributed by atoms with E-state index in [9.17, 15) is 23.3 Å². The van der Waals surface area contributed by atoms with Gasteiger partial charge in [0, 0.05) is 5.70 Å². The van der Waals surface area contributed by atoms with Gasteiger partial charge < -0.3 is 15.5 Å². The molecule has 1 aromatic rings. The van der Waals surface area contributed by atoms with Crippen molar-refractivity contribution < 1.29 is 33.1 Å². The van der Waals surface area contributed by atoms with Crippen molar-refractivity contribution >= 4 is 6.16 Å². The summed E-state index contributed by atoms with van der Waals surface area (Å²) in [7, 11) is 0. The summed E-state index contributed by atoms with van der Waals surface area (Å²) in [5.41, 5.74) is -0.399. The Hall–Kier alpha value is -3.04. The summed E-state index contributed by atoms with van der Waals surface area (Å²) in [5, 5.41) is 27.9. The molecule has 0 aliphatic carbocycles. The molecule has 0 amide bonds. The third-order valence-electron chi connectivity index (χ3n) is 3.28. The molecule has 1 heterocycles. The molecule has 25 heavy (non-hydrogen) atoms. The van der Waals surface area contributed by atoms with Crippen molar-refractivity contribution in [3.05, 3.63) is 68.7 Å². The Labute approximate surface area is 140 Å². The summed E-state index contributed by atoms with van der Waals surface area (Å²) in [4.78, 5) is 19.1. The predicted octanol–water partition coefficient (Wildman–Crippen LogP) is 4.03. The number of nitrogens with zero attached hydrogens (tertiary/aromatic N) is 1. The van der Waals surface area contributed by atoms with Crippen molar-refractivity contribution in [3.63, 3.8) is 0 Å². The Kier molecular flexibility index (Phi) is 6.15. The van der Waals surface area contributed by atoms with Crippen molar-refractivity contribution in [3.8, 4) is 0 Å². The van der Waals surface area contributed by atoms with Crippen molar-refractivity contribution in [2.45, 2.75) is 25.9 Å². The van der Waals surface area contributed by atoms with Crippen LogP contribution in [0.1, 0.15) is 30.9 Å². The molecule has 0 fully saturated rings. The maximum atomic E-state index is 13.1. The van der Waals surface area contributed by atoms with Gasteiger partial charge >= 0.3 is 12.3 Å². The summed E-state index contributed by atoms with van der Waals surface area (Å²) in [6.07, 6.45) is -4.95. The minimum absolute atomic E-state index is 0.114. The first-order valence-electron chi connectivity index (χ1n) is 6.83. The number of nitrogens with one attached hydrogen (secondary N) is 1. The van der Waals surface area contributed by atoms with Gasteiger partial charge in [-0.2, -0.15) is 13.2 Å². The van der Waals surface area contributed by atoms with E-state index in [-0.39, 0.29) is 17.0 Å². The van der Waals surface area contributed by atoms with Crippen LogP contribution in [-0.4, -0.2) is 21.3 Å². The number of hydrogen-bond donors (Lipinski definition) is 3. The highest BCUT2D eigenvalue weighted by atomic mass is 19.4. The topological polar surface area (TPSA) is 113 Å². The van der Waals surface area contributed by atoms with Crippen LogP contribution in [0, 0.1) is 10.1 Å². The molecule has 3 N–H and O–H groups in total. The standard InChI is InChI=1S/C14H13F3N2O2.CH2O3/c1-8-7-11(13(19(20)21)9(2)18-8)10-5-3-4-6-12(10)14(15,16)17;2-1(3)4/h3-7,11,18H,1-2H3;(H2,2,3,4). The summed E-state index contributed by atoms with van der Waals surface area (Å²) >= 11 is 0. The van der Waals surface area contributed by atoms with Crippen LogP contribution in [0.3, 0.4) is 0 Å². The molecular formula is C15H15F3N2O5. The van der Waals surface area contributed by atoms with Crippen LogP contribution in [0.25, 0.3) is 0 Å². The van der Waals surface area contributed by atoms with Gasteiger partial charge in [0.25, 0.3) is 5.70 Å². The lowest BCUT2D eigenvalue weighted by atomic mass is 9.88. The molecule has 0 spiro atoms. The average molecular weight is 360 g/mol. The Morgan fingerprint density at radius 2 is 1.76 bits per heavy atom. The number of carboxylic acid groups (broad SMARTS) is 2. The van der Waals surface area contributed by atoms with Crippen LogP contribution in [0.2, 0.25) is 0 Å². The number of hydrogen-bond acceptors (Lipinski definition) is 4. The number of alkyl halides is 3. The van der Waals surface area contributed by atoms with Crippen LogP contribution in [0.5, 0.6) is 0 Å². The lowest BCUT2D eigenvalue weighted by Crippen LogP contribution is -2.25. The Morgan fingerprint density at radius 1 is 1.24 bits per heavy atom. The third-order valence-corrected chi connectivity index (χ3v) is 3.28. The zero-order chi connectivity index (χ0) is 19.4. The Bertz CT molecular complexity index is 737. The summed E-state index contributed by atoms with van der Waals surface area (Å²) in [6, 6.07) is 4.93. The van der Waals surface area contributed by atoms with Gasteiger partial charge in [-0.25, -0.2) is 4.79 Å². The Morgan fingerprint density at radius 3 is 2.24 bits per heavy atom. The molecule has 1 aliphatic heterocycles. The molecule has 136 valence electrons. The largest absolute Gasteiger partial charge is 0.503 e. The highest BCUT2D eigenvalue weighted by molar-refractivity contribution is 5.53. The van der Waals surface area contributed by atoms with Gasteiger partial charge in [0.15, 0.2) is 0 Å². The second-order valence-corrected chi connectivity index (χ2v) is 5.09. The summed E-state index contributed by atoms with van der Waals surface area (Å²) < 4.78 is 39.3. The van der Waals surface area contributed by atoms with Crippen molar-refractivity contribution in [1.82, 2.24) is 5.32 Å². The van der Waals surface area contributed by atoms with Gasteiger partial charge in [-0.05, 0) is 31.6 Å². The molecule has 1 aliphatic rings. The average Bonchev–Trinajstić information content (AvgIpc) is 2.44. The number of dihydropyridines is 1. The fourth-order valence-corrected chi connectivity index (χ4v) is 2.48. The fraction of sp³-hybridized carbons (Fsp3) is 0.267. The fourth-order valence-electron chi connectivity index (χ4n) is 2.48. The van der Waals surface area contributed by atoms with Gasteiger partial charge in [0.2, 0.25) is 0 Å². The number of halogens is 3. The first kappa shape index (κ1) is 20.0.